The molecule has 1 saturated heterocycles. The van der Waals surface area contributed by atoms with E-state index in [1.165, 1.54) is 11.3 Å². The molecular weight excluding hydrogens is 234 g/mol. The average Bonchev–Trinajstić information content (AvgIpc) is 2.38. The van der Waals surface area contributed by atoms with Crippen molar-refractivity contribution in [2.75, 3.05) is 13.2 Å². The van der Waals surface area contributed by atoms with Gasteiger partial charge < -0.3 is 14.5 Å². The van der Waals surface area contributed by atoms with Crippen LogP contribution in [0.4, 0.5) is 0 Å². The molecule has 0 aliphatic carbocycles. The van der Waals surface area contributed by atoms with Crippen LogP contribution in [-0.2, 0) is 20.7 Å². The number of nitrogens with one attached hydrogen (secondary N) is 1. The Bertz CT molecular complexity index is 419. The SMILES string of the molecule is Cc1[nH]c(=S)sc1CC(=O)OC1COC1. The number of rotatable bonds is 3. The molecule has 2 heterocycles. The van der Waals surface area contributed by atoms with E-state index in [0.717, 1.165) is 10.6 Å². The van der Waals surface area contributed by atoms with Gasteiger partial charge in [-0.15, -0.1) is 11.3 Å². The zero-order valence-electron chi connectivity index (χ0n) is 8.24. The number of aromatic nitrogens is 1. The van der Waals surface area contributed by atoms with E-state index in [1.54, 1.807) is 0 Å². The number of aromatic amines is 1. The number of carbonyl (C=O) groups is 1. The van der Waals surface area contributed by atoms with Gasteiger partial charge in [0.05, 0.1) is 19.6 Å². The van der Waals surface area contributed by atoms with E-state index in [4.69, 9.17) is 21.7 Å². The first-order chi connectivity index (χ1) is 7.15. The predicted octanol–water partition coefficient (Wildman–Crippen LogP) is 1.60. The molecule has 0 radical (unpaired) electrons. The van der Waals surface area contributed by atoms with E-state index < -0.39 is 0 Å². The van der Waals surface area contributed by atoms with Crippen LogP contribution in [0.25, 0.3) is 0 Å². The van der Waals surface area contributed by atoms with Gasteiger partial charge in [0.1, 0.15) is 6.10 Å². The minimum atomic E-state index is -0.211. The van der Waals surface area contributed by atoms with Crippen LogP contribution in [-0.4, -0.2) is 30.3 Å². The molecule has 1 aromatic rings. The standard InChI is InChI=1S/C9H11NO3S2/c1-5-7(15-9(14)10-5)2-8(11)13-6-3-12-4-6/h6H,2-4H2,1H3,(H,10,14). The maximum Gasteiger partial charge on any atom is 0.311 e. The lowest BCUT2D eigenvalue weighted by atomic mass is 10.3. The third-order valence-electron chi connectivity index (χ3n) is 2.13. The molecule has 4 nitrogen and oxygen atoms in total. The van der Waals surface area contributed by atoms with Crippen molar-refractivity contribution in [2.24, 2.45) is 0 Å². The topological polar surface area (TPSA) is 51.3 Å². The molecule has 6 heteroatoms. The summed E-state index contributed by atoms with van der Waals surface area (Å²) in [7, 11) is 0. The number of thiazole rings is 1. The molecule has 1 aliphatic heterocycles. The normalized spacial score (nSPS) is 16.1. The number of hydrogen-bond donors (Lipinski definition) is 1. The summed E-state index contributed by atoms with van der Waals surface area (Å²) in [6.07, 6.45) is 0.241. The summed E-state index contributed by atoms with van der Waals surface area (Å²) >= 11 is 6.41. The summed E-state index contributed by atoms with van der Waals surface area (Å²) in [4.78, 5) is 15.4. The molecule has 15 heavy (non-hydrogen) atoms. The van der Waals surface area contributed by atoms with Crippen molar-refractivity contribution in [2.45, 2.75) is 19.4 Å². The minimum Gasteiger partial charge on any atom is -0.457 e. The van der Waals surface area contributed by atoms with Gasteiger partial charge in [0.25, 0.3) is 0 Å². The van der Waals surface area contributed by atoms with Crippen molar-refractivity contribution < 1.29 is 14.3 Å². The molecule has 1 aliphatic rings. The molecule has 0 amide bonds. The van der Waals surface area contributed by atoms with E-state index >= 15 is 0 Å². The summed E-state index contributed by atoms with van der Waals surface area (Å²) in [5, 5.41) is 0. The van der Waals surface area contributed by atoms with E-state index in [0.29, 0.717) is 23.6 Å². The highest BCUT2D eigenvalue weighted by molar-refractivity contribution is 7.73. The van der Waals surface area contributed by atoms with Gasteiger partial charge in [-0.25, -0.2) is 0 Å². The van der Waals surface area contributed by atoms with Gasteiger partial charge in [-0.3, -0.25) is 4.79 Å². The first-order valence-corrected chi connectivity index (χ1v) is 5.83. The Morgan fingerprint density at radius 2 is 2.47 bits per heavy atom. The van der Waals surface area contributed by atoms with Crippen LogP contribution >= 0.6 is 23.6 Å². The maximum atomic E-state index is 11.5. The average molecular weight is 245 g/mol. The highest BCUT2D eigenvalue weighted by atomic mass is 32.1. The van der Waals surface area contributed by atoms with Crippen molar-refractivity contribution in [1.29, 1.82) is 0 Å². The summed E-state index contributed by atoms with van der Waals surface area (Å²) in [6, 6.07) is 0. The predicted molar refractivity (Wildman–Crippen MR) is 58.6 cm³/mol. The lowest BCUT2D eigenvalue weighted by Crippen LogP contribution is -2.38. The quantitative estimate of drug-likeness (QED) is 0.649. The van der Waals surface area contributed by atoms with Crippen LogP contribution in [0.2, 0.25) is 0 Å². The Balaban J connectivity index is 1.92. The van der Waals surface area contributed by atoms with Crippen molar-refractivity contribution in [1.82, 2.24) is 4.98 Å². The van der Waals surface area contributed by atoms with Crippen LogP contribution in [0.5, 0.6) is 0 Å². The lowest BCUT2D eigenvalue weighted by molar-refractivity contribution is -0.171. The molecule has 0 bridgehead atoms. The fraction of sp³-hybridized carbons (Fsp3) is 0.556. The first kappa shape index (κ1) is 10.8. The van der Waals surface area contributed by atoms with Crippen molar-refractivity contribution in [3.63, 3.8) is 0 Å². The summed E-state index contributed by atoms with van der Waals surface area (Å²) in [6.45, 7) is 2.95. The number of carbonyl (C=O) groups excluding carboxylic acids is 1. The summed E-state index contributed by atoms with van der Waals surface area (Å²) in [5.41, 5.74) is 0.951. The zero-order chi connectivity index (χ0) is 10.8. The molecule has 2 rings (SSSR count). The Labute approximate surface area is 96.2 Å². The van der Waals surface area contributed by atoms with Crippen LogP contribution < -0.4 is 0 Å². The monoisotopic (exact) mass is 245 g/mol. The van der Waals surface area contributed by atoms with E-state index in [-0.39, 0.29) is 12.1 Å². The van der Waals surface area contributed by atoms with Gasteiger partial charge in [0.15, 0.2) is 3.95 Å². The molecule has 1 N–H and O–H groups in total. The van der Waals surface area contributed by atoms with Gasteiger partial charge in [-0.2, -0.15) is 0 Å². The maximum absolute atomic E-state index is 11.5. The van der Waals surface area contributed by atoms with Crippen molar-refractivity contribution in [3.8, 4) is 0 Å². The van der Waals surface area contributed by atoms with Crippen LogP contribution in [0.1, 0.15) is 10.6 Å². The molecule has 82 valence electrons. The van der Waals surface area contributed by atoms with Gasteiger partial charge in [-0.05, 0) is 19.1 Å². The summed E-state index contributed by atoms with van der Waals surface area (Å²) < 4.78 is 10.8. The van der Waals surface area contributed by atoms with Gasteiger partial charge >= 0.3 is 5.97 Å². The zero-order valence-corrected chi connectivity index (χ0v) is 9.87. The Morgan fingerprint density at radius 3 is 2.93 bits per heavy atom. The van der Waals surface area contributed by atoms with Gasteiger partial charge in [0.2, 0.25) is 0 Å². The third kappa shape index (κ3) is 2.64. The molecule has 1 fully saturated rings. The van der Waals surface area contributed by atoms with Crippen LogP contribution in [0.15, 0.2) is 0 Å². The van der Waals surface area contributed by atoms with Gasteiger partial charge in [0, 0.05) is 10.6 Å². The van der Waals surface area contributed by atoms with Crippen molar-refractivity contribution >= 4 is 29.5 Å². The van der Waals surface area contributed by atoms with E-state index in [2.05, 4.69) is 4.98 Å². The highest BCUT2D eigenvalue weighted by Gasteiger charge is 2.23. The number of H-pyrrole nitrogens is 1. The fourth-order valence-corrected chi connectivity index (χ4v) is 2.52. The van der Waals surface area contributed by atoms with Gasteiger partial charge in [-0.1, -0.05) is 0 Å². The summed E-state index contributed by atoms with van der Waals surface area (Å²) in [5.74, 6) is -0.211. The molecule has 0 saturated carbocycles. The molecular formula is C9H11NO3S2. The largest absolute Gasteiger partial charge is 0.457 e. The third-order valence-corrected chi connectivity index (χ3v) is 3.47. The van der Waals surface area contributed by atoms with Crippen LogP contribution in [0, 0.1) is 10.9 Å². The number of esters is 1. The Kier molecular flexibility index (Phi) is 3.18. The van der Waals surface area contributed by atoms with Crippen LogP contribution in [0.3, 0.4) is 0 Å². The van der Waals surface area contributed by atoms with E-state index in [1.807, 2.05) is 6.92 Å². The fourth-order valence-electron chi connectivity index (χ4n) is 1.25. The molecule has 0 spiro atoms. The molecule has 0 unspecified atom stereocenters. The molecule has 0 aromatic carbocycles. The second kappa shape index (κ2) is 4.42. The number of ether oxygens (including phenoxy) is 2. The van der Waals surface area contributed by atoms with E-state index in [9.17, 15) is 4.79 Å². The van der Waals surface area contributed by atoms with Crippen molar-refractivity contribution in [3.05, 3.63) is 14.5 Å². The lowest BCUT2D eigenvalue weighted by Gasteiger charge is -2.25. The number of aryl methyl sites for hydroxylation is 1. The Morgan fingerprint density at radius 1 is 1.73 bits per heavy atom. The minimum absolute atomic E-state index is 0.0512. The Hall–Kier alpha value is -0.720. The smallest absolute Gasteiger partial charge is 0.311 e. The number of hydrogen-bond acceptors (Lipinski definition) is 5. The first-order valence-electron chi connectivity index (χ1n) is 4.61. The molecule has 0 atom stereocenters. The second-order valence-corrected chi connectivity index (χ2v) is 5.16. The molecule has 1 aromatic heterocycles. The second-order valence-electron chi connectivity index (χ2n) is 3.39. The highest BCUT2D eigenvalue weighted by Crippen LogP contribution is 2.16.